The van der Waals surface area contributed by atoms with Crippen molar-refractivity contribution in [1.82, 2.24) is 0 Å². The lowest BCUT2D eigenvalue weighted by Gasteiger charge is -1.69. The number of hydrogen-bond acceptors (Lipinski definition) is 3. The van der Waals surface area contributed by atoms with Crippen LogP contribution in [0.25, 0.3) is 0 Å². The molecule has 0 atom stereocenters. The number of ketones is 1. The standard InChI is InChI=1S/C6H6.C3H6O.CO2.CH4/c1-2-4-6-5-3-1;1-3(2)4;2-1-3;/h1-6H;1-2H3;;1H4. The van der Waals surface area contributed by atoms with Crippen molar-refractivity contribution in [2.75, 3.05) is 0 Å². The average Bonchev–Trinajstić information content (AvgIpc) is 2.08. The smallest absolute Gasteiger partial charge is 0.300 e. The van der Waals surface area contributed by atoms with E-state index in [4.69, 9.17) is 9.59 Å². The van der Waals surface area contributed by atoms with Gasteiger partial charge < -0.3 is 4.79 Å². The van der Waals surface area contributed by atoms with Gasteiger partial charge in [0.15, 0.2) is 0 Å². The van der Waals surface area contributed by atoms with Crippen LogP contribution in [0, 0.1) is 0 Å². The fourth-order valence-electron chi connectivity index (χ4n) is 0.385. The molecule has 0 saturated heterocycles. The summed E-state index contributed by atoms with van der Waals surface area (Å²) in [7, 11) is 0. The van der Waals surface area contributed by atoms with Gasteiger partial charge in [-0.15, -0.1) is 0 Å². The quantitative estimate of drug-likeness (QED) is 0.640. The predicted octanol–water partition coefficient (Wildman–Crippen LogP) is 2.33. The molecule has 0 amide bonds. The molecule has 78 valence electrons. The van der Waals surface area contributed by atoms with E-state index in [1.807, 2.05) is 36.4 Å². The third-order valence-corrected chi connectivity index (χ3v) is 0.667. The lowest BCUT2D eigenvalue weighted by atomic mass is 10.4. The number of Topliss-reactive ketones (excluding diaryl/α,β-unsaturated/α-hetero) is 1. The van der Waals surface area contributed by atoms with Gasteiger partial charge >= 0.3 is 6.15 Å². The number of hydrogen-bond donors (Lipinski definition) is 0. The Labute approximate surface area is 84.8 Å². The van der Waals surface area contributed by atoms with Crippen molar-refractivity contribution in [3.05, 3.63) is 36.4 Å². The highest BCUT2D eigenvalue weighted by Gasteiger charge is 1.62. The molecule has 0 saturated carbocycles. The second kappa shape index (κ2) is 17.4. The number of carbonyl (C=O) groups excluding carboxylic acids is 3. The van der Waals surface area contributed by atoms with Crippen molar-refractivity contribution in [2.45, 2.75) is 21.3 Å². The Morgan fingerprint density at radius 3 is 1.00 bits per heavy atom. The first kappa shape index (κ1) is 18.1. The molecule has 0 unspecified atom stereocenters. The maximum Gasteiger partial charge on any atom is 0.373 e. The van der Waals surface area contributed by atoms with E-state index in [9.17, 15) is 4.79 Å². The summed E-state index contributed by atoms with van der Waals surface area (Å²) in [4.78, 5) is 25.7. The Balaban J connectivity index is -0.000000135. The van der Waals surface area contributed by atoms with E-state index in [2.05, 4.69) is 0 Å². The van der Waals surface area contributed by atoms with Crippen LogP contribution in [0.4, 0.5) is 0 Å². The topological polar surface area (TPSA) is 51.2 Å². The molecule has 3 heteroatoms. The minimum absolute atomic E-state index is 0. The summed E-state index contributed by atoms with van der Waals surface area (Å²) in [5.41, 5.74) is 0. The molecule has 14 heavy (non-hydrogen) atoms. The van der Waals surface area contributed by atoms with Gasteiger partial charge in [-0.1, -0.05) is 43.8 Å². The van der Waals surface area contributed by atoms with E-state index in [0.29, 0.717) is 0 Å². The summed E-state index contributed by atoms with van der Waals surface area (Å²) < 4.78 is 0. The molecular formula is C11H16O3. The molecule has 0 aliphatic carbocycles. The van der Waals surface area contributed by atoms with Crippen LogP contribution in [0.15, 0.2) is 36.4 Å². The van der Waals surface area contributed by atoms with Crippen LogP contribution in [0.2, 0.25) is 0 Å². The van der Waals surface area contributed by atoms with Crippen molar-refractivity contribution in [2.24, 2.45) is 0 Å². The minimum atomic E-state index is 0. The van der Waals surface area contributed by atoms with Gasteiger partial charge in [-0.3, -0.25) is 0 Å². The first-order valence-corrected chi connectivity index (χ1v) is 3.61. The van der Waals surface area contributed by atoms with Crippen molar-refractivity contribution in [1.29, 1.82) is 0 Å². The van der Waals surface area contributed by atoms with Crippen LogP contribution in [0.3, 0.4) is 0 Å². The van der Waals surface area contributed by atoms with Crippen LogP contribution in [0.1, 0.15) is 21.3 Å². The van der Waals surface area contributed by atoms with Crippen molar-refractivity contribution >= 4 is 11.9 Å². The fourth-order valence-corrected chi connectivity index (χ4v) is 0.385. The van der Waals surface area contributed by atoms with Crippen LogP contribution in [-0.2, 0) is 14.4 Å². The summed E-state index contributed by atoms with van der Waals surface area (Å²) in [6, 6.07) is 12.0. The molecule has 0 fully saturated rings. The molecule has 0 N–H and O–H groups in total. The Morgan fingerprint density at radius 2 is 0.929 bits per heavy atom. The molecule has 1 aromatic rings. The highest BCUT2D eigenvalue weighted by atomic mass is 16.2. The fraction of sp³-hybridized carbons (Fsp3) is 0.273. The van der Waals surface area contributed by atoms with Gasteiger partial charge in [0.2, 0.25) is 0 Å². The summed E-state index contributed by atoms with van der Waals surface area (Å²) in [6.07, 6.45) is 0.250. The molecule has 0 bridgehead atoms. The zero-order chi connectivity index (χ0) is 10.5. The number of benzene rings is 1. The van der Waals surface area contributed by atoms with E-state index in [1.165, 1.54) is 13.8 Å². The Kier molecular flexibility index (Phi) is 22.5. The molecular weight excluding hydrogens is 180 g/mol. The van der Waals surface area contributed by atoms with Crippen molar-refractivity contribution in [3.8, 4) is 0 Å². The summed E-state index contributed by atoms with van der Waals surface area (Å²) in [5, 5.41) is 0. The molecule has 3 nitrogen and oxygen atoms in total. The SMILES string of the molecule is C.CC(C)=O.O=C=O.c1ccccc1. The second-order valence-electron chi connectivity index (χ2n) is 2.15. The van der Waals surface area contributed by atoms with Crippen LogP contribution >= 0.6 is 0 Å². The van der Waals surface area contributed by atoms with E-state index in [-0.39, 0.29) is 19.4 Å². The third-order valence-electron chi connectivity index (χ3n) is 0.667. The largest absolute Gasteiger partial charge is 0.373 e. The average molecular weight is 196 g/mol. The van der Waals surface area contributed by atoms with Gasteiger partial charge in [0.05, 0.1) is 0 Å². The molecule has 1 rings (SSSR count). The molecule has 0 spiro atoms. The monoisotopic (exact) mass is 196 g/mol. The lowest BCUT2D eigenvalue weighted by Crippen LogP contribution is -1.69. The second-order valence-corrected chi connectivity index (χ2v) is 2.15. The summed E-state index contributed by atoms with van der Waals surface area (Å²) in [6.45, 7) is 3.06. The highest BCUT2D eigenvalue weighted by Crippen LogP contribution is 1.79. The molecule has 0 aliphatic rings. The molecule has 0 aromatic heterocycles. The Bertz CT molecular complexity index is 205. The molecule has 0 aliphatic heterocycles. The number of rotatable bonds is 0. The van der Waals surface area contributed by atoms with Gasteiger partial charge in [-0.25, -0.2) is 0 Å². The highest BCUT2D eigenvalue weighted by molar-refractivity contribution is 5.72. The van der Waals surface area contributed by atoms with Crippen LogP contribution < -0.4 is 0 Å². The van der Waals surface area contributed by atoms with Crippen molar-refractivity contribution < 1.29 is 14.4 Å². The van der Waals surface area contributed by atoms with Gasteiger partial charge in [-0.05, 0) is 13.8 Å². The van der Waals surface area contributed by atoms with Gasteiger partial charge in [0.25, 0.3) is 0 Å². The van der Waals surface area contributed by atoms with Crippen LogP contribution in [-0.4, -0.2) is 11.9 Å². The zero-order valence-corrected chi connectivity index (χ0v) is 7.69. The predicted molar refractivity (Wildman–Crippen MR) is 54.5 cm³/mol. The summed E-state index contributed by atoms with van der Waals surface area (Å²) >= 11 is 0. The zero-order valence-electron chi connectivity index (χ0n) is 7.69. The Morgan fingerprint density at radius 1 is 0.857 bits per heavy atom. The first-order chi connectivity index (χ1) is 6.15. The number of carbonyl (C=O) groups is 1. The van der Waals surface area contributed by atoms with E-state index in [1.54, 1.807) is 0 Å². The molecule has 0 heterocycles. The minimum Gasteiger partial charge on any atom is -0.300 e. The molecule has 1 aromatic carbocycles. The third kappa shape index (κ3) is 48.4. The summed E-state index contributed by atoms with van der Waals surface area (Å²) in [5.74, 6) is 0.167. The lowest BCUT2D eigenvalue weighted by molar-refractivity contribution is -0.191. The van der Waals surface area contributed by atoms with Gasteiger partial charge in [0.1, 0.15) is 5.78 Å². The van der Waals surface area contributed by atoms with E-state index in [0.717, 1.165) is 0 Å². The van der Waals surface area contributed by atoms with Gasteiger partial charge in [0, 0.05) is 0 Å². The van der Waals surface area contributed by atoms with Crippen molar-refractivity contribution in [3.63, 3.8) is 0 Å². The maximum absolute atomic E-state index is 9.44. The molecule has 0 radical (unpaired) electrons. The first-order valence-electron chi connectivity index (χ1n) is 3.61. The van der Waals surface area contributed by atoms with E-state index >= 15 is 0 Å². The normalized spacial score (nSPS) is 5.86. The van der Waals surface area contributed by atoms with E-state index < -0.39 is 0 Å². The van der Waals surface area contributed by atoms with Crippen LogP contribution in [0.5, 0.6) is 0 Å². The maximum atomic E-state index is 9.44. The van der Waals surface area contributed by atoms with Gasteiger partial charge in [-0.2, -0.15) is 9.59 Å². The Hall–Kier alpha value is -1.73.